The van der Waals surface area contributed by atoms with Crippen molar-refractivity contribution in [2.24, 2.45) is 5.92 Å². The van der Waals surface area contributed by atoms with Gasteiger partial charge in [0.05, 0.1) is 25.4 Å². The van der Waals surface area contributed by atoms with Crippen molar-refractivity contribution in [3.8, 4) is 5.75 Å². The van der Waals surface area contributed by atoms with E-state index in [1.165, 1.54) is 5.56 Å². The van der Waals surface area contributed by atoms with Crippen molar-refractivity contribution in [3.05, 3.63) is 47.8 Å². The SMILES string of the molecule is O=C(NC[C@@H]1CCOc2ccccc2C1)c1cnc(N2CCOCC2)nc1. The van der Waals surface area contributed by atoms with E-state index in [0.29, 0.717) is 43.8 Å². The number of para-hydroxylation sites is 1. The number of carbonyl (C=O) groups excluding carboxylic acids is 1. The maximum Gasteiger partial charge on any atom is 0.254 e. The molecule has 1 N–H and O–H groups in total. The number of nitrogens with zero attached hydrogens (tertiary/aromatic N) is 3. The molecule has 4 rings (SSSR count). The third kappa shape index (κ3) is 4.36. The van der Waals surface area contributed by atoms with Crippen LogP contribution < -0.4 is 15.0 Å². The van der Waals surface area contributed by atoms with Crippen LogP contribution in [0.15, 0.2) is 36.7 Å². The number of rotatable bonds is 4. The molecular formula is C20H24N4O3. The van der Waals surface area contributed by atoms with E-state index in [-0.39, 0.29) is 5.91 Å². The highest BCUT2D eigenvalue weighted by molar-refractivity contribution is 5.93. The standard InChI is InChI=1S/C20H24N4O3/c25-19(17-13-22-20(23-14-17)24-6-9-26-10-7-24)21-12-15-5-8-27-18-4-2-1-3-16(18)11-15/h1-4,13-15H,5-12H2,(H,21,25)/t15-/m1/s1. The molecule has 0 radical (unpaired) electrons. The molecule has 0 bridgehead atoms. The molecule has 2 aliphatic heterocycles. The summed E-state index contributed by atoms with van der Waals surface area (Å²) in [7, 11) is 0. The van der Waals surface area contributed by atoms with Gasteiger partial charge >= 0.3 is 0 Å². The summed E-state index contributed by atoms with van der Waals surface area (Å²) in [6, 6.07) is 8.11. The van der Waals surface area contributed by atoms with Crippen LogP contribution in [0.25, 0.3) is 0 Å². The Balaban J connectivity index is 1.32. The quantitative estimate of drug-likeness (QED) is 0.885. The van der Waals surface area contributed by atoms with Gasteiger partial charge in [0.1, 0.15) is 5.75 Å². The minimum absolute atomic E-state index is 0.137. The van der Waals surface area contributed by atoms with E-state index >= 15 is 0 Å². The Morgan fingerprint density at radius 1 is 1.15 bits per heavy atom. The van der Waals surface area contributed by atoms with Gasteiger partial charge in [0, 0.05) is 32.0 Å². The molecule has 1 fully saturated rings. The lowest BCUT2D eigenvalue weighted by atomic mass is 9.97. The molecule has 1 aromatic heterocycles. The highest BCUT2D eigenvalue weighted by atomic mass is 16.5. The van der Waals surface area contributed by atoms with E-state index in [9.17, 15) is 4.79 Å². The third-order valence-electron chi connectivity index (χ3n) is 5.01. The number of nitrogens with one attached hydrogen (secondary N) is 1. The zero-order chi connectivity index (χ0) is 18.5. The van der Waals surface area contributed by atoms with E-state index in [0.717, 1.165) is 31.7 Å². The molecule has 7 nitrogen and oxygen atoms in total. The van der Waals surface area contributed by atoms with Crippen molar-refractivity contribution < 1.29 is 14.3 Å². The second-order valence-corrected chi connectivity index (χ2v) is 6.90. The lowest BCUT2D eigenvalue weighted by Crippen LogP contribution is -2.37. The van der Waals surface area contributed by atoms with Crippen molar-refractivity contribution in [3.63, 3.8) is 0 Å². The highest BCUT2D eigenvalue weighted by Crippen LogP contribution is 2.26. The van der Waals surface area contributed by atoms with Gasteiger partial charge in [0.2, 0.25) is 5.95 Å². The molecule has 0 spiro atoms. The predicted octanol–water partition coefficient (Wildman–Crippen LogP) is 1.68. The van der Waals surface area contributed by atoms with Gasteiger partial charge in [0.25, 0.3) is 5.91 Å². The second kappa shape index (κ2) is 8.35. The van der Waals surface area contributed by atoms with E-state index < -0.39 is 0 Å². The predicted molar refractivity (Wildman–Crippen MR) is 101 cm³/mol. The van der Waals surface area contributed by atoms with Crippen molar-refractivity contribution in [1.29, 1.82) is 0 Å². The highest BCUT2D eigenvalue weighted by Gasteiger charge is 2.19. The van der Waals surface area contributed by atoms with Gasteiger partial charge in [-0.15, -0.1) is 0 Å². The molecule has 1 aromatic carbocycles. The third-order valence-corrected chi connectivity index (χ3v) is 5.01. The number of morpholine rings is 1. The zero-order valence-corrected chi connectivity index (χ0v) is 15.3. The first-order valence-electron chi connectivity index (χ1n) is 9.43. The molecule has 27 heavy (non-hydrogen) atoms. The van der Waals surface area contributed by atoms with E-state index in [1.807, 2.05) is 18.2 Å². The molecular weight excluding hydrogens is 344 g/mol. The summed E-state index contributed by atoms with van der Waals surface area (Å²) in [5.41, 5.74) is 1.68. The molecule has 1 amide bonds. The van der Waals surface area contributed by atoms with Gasteiger partial charge in [0.15, 0.2) is 0 Å². The first kappa shape index (κ1) is 17.7. The van der Waals surface area contributed by atoms with Crippen molar-refractivity contribution in [1.82, 2.24) is 15.3 Å². The number of ether oxygens (including phenoxy) is 2. The number of anilines is 1. The summed E-state index contributed by atoms with van der Waals surface area (Å²) in [5.74, 6) is 1.82. The first-order valence-corrected chi connectivity index (χ1v) is 9.43. The summed E-state index contributed by atoms with van der Waals surface area (Å²) in [4.78, 5) is 23.2. The largest absolute Gasteiger partial charge is 0.493 e. The molecule has 1 atom stereocenters. The smallest absolute Gasteiger partial charge is 0.254 e. The maximum atomic E-state index is 12.5. The summed E-state index contributed by atoms with van der Waals surface area (Å²) in [5, 5.41) is 3.02. The Labute approximate surface area is 158 Å². The van der Waals surface area contributed by atoms with Crippen LogP contribution >= 0.6 is 0 Å². The van der Waals surface area contributed by atoms with Crippen LogP contribution in [0.3, 0.4) is 0 Å². The van der Waals surface area contributed by atoms with E-state index in [2.05, 4.69) is 26.3 Å². The fourth-order valence-electron chi connectivity index (χ4n) is 3.44. The normalized spacial score (nSPS) is 19.6. The number of hydrogen-bond acceptors (Lipinski definition) is 6. The van der Waals surface area contributed by atoms with Gasteiger partial charge in [-0.25, -0.2) is 9.97 Å². The van der Waals surface area contributed by atoms with Crippen LogP contribution in [0, 0.1) is 5.92 Å². The number of fused-ring (bicyclic) bond motifs is 1. The van der Waals surface area contributed by atoms with Gasteiger partial charge < -0.3 is 19.7 Å². The van der Waals surface area contributed by atoms with Gasteiger partial charge in [-0.1, -0.05) is 18.2 Å². The number of hydrogen-bond donors (Lipinski definition) is 1. The Bertz CT molecular complexity index is 775. The first-order chi connectivity index (χ1) is 13.3. The van der Waals surface area contributed by atoms with E-state index in [4.69, 9.17) is 9.47 Å². The van der Waals surface area contributed by atoms with Crippen LogP contribution in [0.2, 0.25) is 0 Å². The fourth-order valence-corrected chi connectivity index (χ4v) is 3.44. The minimum Gasteiger partial charge on any atom is -0.493 e. The molecule has 1 saturated heterocycles. The molecule has 0 aliphatic carbocycles. The number of benzene rings is 1. The summed E-state index contributed by atoms with van der Waals surface area (Å²) in [6.45, 7) is 4.20. The summed E-state index contributed by atoms with van der Waals surface area (Å²) in [6.07, 6.45) is 5.02. The van der Waals surface area contributed by atoms with E-state index in [1.54, 1.807) is 12.4 Å². The van der Waals surface area contributed by atoms with Crippen molar-refractivity contribution in [2.45, 2.75) is 12.8 Å². The number of aromatic nitrogens is 2. The molecule has 0 saturated carbocycles. The Kier molecular flexibility index (Phi) is 5.48. The molecule has 0 unspecified atom stereocenters. The Morgan fingerprint density at radius 3 is 2.74 bits per heavy atom. The monoisotopic (exact) mass is 368 g/mol. The second-order valence-electron chi connectivity index (χ2n) is 6.90. The minimum atomic E-state index is -0.137. The topological polar surface area (TPSA) is 76.6 Å². The molecule has 3 heterocycles. The van der Waals surface area contributed by atoms with Crippen molar-refractivity contribution in [2.75, 3.05) is 44.4 Å². The van der Waals surface area contributed by atoms with Gasteiger partial charge in [-0.2, -0.15) is 0 Å². The van der Waals surface area contributed by atoms with Crippen LogP contribution in [0.5, 0.6) is 5.75 Å². The van der Waals surface area contributed by atoms with Crippen LogP contribution in [-0.4, -0.2) is 55.3 Å². The number of amides is 1. The Morgan fingerprint density at radius 2 is 1.93 bits per heavy atom. The molecule has 2 aliphatic rings. The van der Waals surface area contributed by atoms with Crippen LogP contribution in [0.1, 0.15) is 22.3 Å². The lowest BCUT2D eigenvalue weighted by Gasteiger charge is -2.26. The summed E-state index contributed by atoms with van der Waals surface area (Å²) < 4.78 is 11.1. The lowest BCUT2D eigenvalue weighted by molar-refractivity contribution is 0.0944. The molecule has 2 aromatic rings. The molecule has 142 valence electrons. The average Bonchev–Trinajstić information content (AvgIpc) is 2.95. The molecule has 7 heteroatoms. The summed E-state index contributed by atoms with van der Waals surface area (Å²) >= 11 is 0. The fraction of sp³-hybridized carbons (Fsp3) is 0.450. The van der Waals surface area contributed by atoms with Gasteiger partial charge in [-0.05, 0) is 30.4 Å². The van der Waals surface area contributed by atoms with Crippen LogP contribution in [-0.2, 0) is 11.2 Å². The number of carbonyl (C=O) groups is 1. The van der Waals surface area contributed by atoms with Crippen molar-refractivity contribution >= 4 is 11.9 Å². The Hall–Kier alpha value is -2.67. The van der Waals surface area contributed by atoms with Crippen LogP contribution in [0.4, 0.5) is 5.95 Å². The average molecular weight is 368 g/mol. The maximum absolute atomic E-state index is 12.5. The van der Waals surface area contributed by atoms with Gasteiger partial charge in [-0.3, -0.25) is 4.79 Å². The zero-order valence-electron chi connectivity index (χ0n) is 15.3.